The summed E-state index contributed by atoms with van der Waals surface area (Å²) in [5, 5.41) is 2.23. The Balaban J connectivity index is 0.00000336. The molecule has 0 bridgehead atoms. The molecule has 7 nitrogen and oxygen atoms in total. The third-order valence-corrected chi connectivity index (χ3v) is 8.75. The van der Waals surface area contributed by atoms with Crippen molar-refractivity contribution < 1.29 is 25.8 Å². The Morgan fingerprint density at radius 3 is 2.27 bits per heavy atom. The van der Waals surface area contributed by atoms with Crippen molar-refractivity contribution in [3.05, 3.63) is 146 Å². The van der Waals surface area contributed by atoms with Crippen LogP contribution in [0.5, 0.6) is 11.5 Å². The van der Waals surface area contributed by atoms with E-state index in [2.05, 4.69) is 111 Å². The normalized spacial score (nSPS) is 11.9. The molecule has 0 unspecified atom stereocenters. The number of nitrogens with zero attached hydrogens (tertiary/aromatic N) is 6. The summed E-state index contributed by atoms with van der Waals surface area (Å²) in [6.07, 6.45) is 8.02. The molecular weight excluding hydrogens is 776 g/mol. The van der Waals surface area contributed by atoms with Crippen LogP contribution in [0.4, 0.5) is 0 Å². The van der Waals surface area contributed by atoms with E-state index in [4.69, 9.17) is 14.7 Å². The van der Waals surface area contributed by atoms with Crippen LogP contribution in [0.3, 0.4) is 0 Å². The Morgan fingerprint density at radius 1 is 0.667 bits per heavy atom. The number of aromatic nitrogens is 6. The first-order valence-corrected chi connectivity index (χ1v) is 15.7. The van der Waals surface area contributed by atoms with Crippen molar-refractivity contribution in [2.45, 2.75) is 26.2 Å². The Hall–Kier alpha value is -5.39. The molecule has 0 radical (unpaired) electrons. The second kappa shape index (κ2) is 11.4. The molecule has 6 aromatic heterocycles. The van der Waals surface area contributed by atoms with Gasteiger partial charge in [-0.05, 0) is 71.0 Å². The monoisotopic (exact) mass is 805 g/mol. The average Bonchev–Trinajstić information content (AvgIpc) is 3.88. The fraction of sp³-hybridized carbons (Fsp3) is 0.100. The van der Waals surface area contributed by atoms with E-state index in [0.29, 0.717) is 11.5 Å². The van der Waals surface area contributed by atoms with Gasteiger partial charge in [0.15, 0.2) is 0 Å². The van der Waals surface area contributed by atoms with Crippen LogP contribution >= 0.6 is 0 Å². The van der Waals surface area contributed by atoms with Gasteiger partial charge >= 0.3 is 21.1 Å². The van der Waals surface area contributed by atoms with Gasteiger partial charge in [0.05, 0.1) is 5.82 Å². The van der Waals surface area contributed by atoms with Gasteiger partial charge in [0, 0.05) is 41.8 Å². The summed E-state index contributed by atoms with van der Waals surface area (Å²) in [5.41, 5.74) is 6.83. The predicted molar refractivity (Wildman–Crippen MR) is 186 cm³/mol. The summed E-state index contributed by atoms with van der Waals surface area (Å²) in [6.45, 7) is 6.65. The Morgan fingerprint density at radius 2 is 1.42 bits per heavy atom. The van der Waals surface area contributed by atoms with E-state index in [1.165, 1.54) is 5.56 Å². The number of pyridine rings is 1. The topological polar surface area (TPSA) is 53.2 Å². The van der Waals surface area contributed by atoms with E-state index in [-0.39, 0.29) is 26.5 Å². The summed E-state index contributed by atoms with van der Waals surface area (Å²) < 4.78 is 15.0. The molecule has 0 atom stereocenters. The first-order chi connectivity index (χ1) is 22.9. The van der Waals surface area contributed by atoms with Gasteiger partial charge in [-0.2, -0.15) is 6.07 Å². The summed E-state index contributed by atoms with van der Waals surface area (Å²) in [5.74, 6) is 2.77. The molecule has 0 spiro atoms. The second-order valence-corrected chi connectivity index (χ2v) is 12.8. The van der Waals surface area contributed by atoms with Crippen molar-refractivity contribution in [1.29, 1.82) is 0 Å². The fourth-order valence-electron chi connectivity index (χ4n) is 6.45. The minimum Gasteiger partial charge on any atom is -0.503 e. The number of ether oxygens (including phenoxy) is 1. The van der Waals surface area contributed by atoms with Gasteiger partial charge in [-0.25, -0.2) is 4.98 Å². The minimum absolute atomic E-state index is 0. The zero-order chi connectivity index (χ0) is 31.7. The molecule has 0 amide bonds. The average molecular weight is 806 g/mol. The van der Waals surface area contributed by atoms with E-state index in [0.717, 1.165) is 56.0 Å². The maximum Gasteiger partial charge on any atom is 2.00 e. The first-order valence-electron chi connectivity index (χ1n) is 15.7. The van der Waals surface area contributed by atoms with E-state index < -0.39 is 0 Å². The van der Waals surface area contributed by atoms with Gasteiger partial charge in [-0.3, -0.25) is 13.8 Å². The SMILES string of the molecule is CC(C)(C)c1ccnc(-n2c3[c-]c(Oc4[c-]c(-c5nc6cccn6c6cccn6c6cccn56)ccc4)ccc3c3ccccc32)c1.[Pt+2]. The van der Waals surface area contributed by atoms with Gasteiger partial charge < -0.3 is 13.7 Å². The van der Waals surface area contributed by atoms with Crippen LogP contribution in [0.15, 0.2) is 128 Å². The number of hydrogen-bond donors (Lipinski definition) is 0. The van der Waals surface area contributed by atoms with Crippen LogP contribution in [0, 0.1) is 12.1 Å². The molecule has 3 aromatic carbocycles. The molecule has 48 heavy (non-hydrogen) atoms. The molecule has 0 N–H and O–H groups in total. The number of rotatable bonds is 4. The summed E-state index contributed by atoms with van der Waals surface area (Å²) in [7, 11) is 0. The maximum absolute atomic E-state index is 6.49. The molecule has 9 aromatic rings. The number of para-hydroxylation sites is 1. The van der Waals surface area contributed by atoms with E-state index in [9.17, 15) is 0 Å². The molecule has 6 heterocycles. The molecule has 0 saturated heterocycles. The Kier molecular flexibility index (Phi) is 7.11. The van der Waals surface area contributed by atoms with Crippen LogP contribution in [0.2, 0.25) is 0 Å². The fourth-order valence-corrected chi connectivity index (χ4v) is 6.45. The third-order valence-electron chi connectivity index (χ3n) is 8.75. The molecule has 0 fully saturated rings. The zero-order valence-corrected chi connectivity index (χ0v) is 28.8. The molecule has 9 rings (SSSR count). The van der Waals surface area contributed by atoms with Crippen molar-refractivity contribution in [2.24, 2.45) is 0 Å². The van der Waals surface area contributed by atoms with Crippen molar-refractivity contribution >= 4 is 38.7 Å². The number of hydrogen-bond acceptors (Lipinski definition) is 3. The maximum atomic E-state index is 6.49. The molecule has 0 aliphatic rings. The minimum atomic E-state index is -0.00918. The first kappa shape index (κ1) is 30.0. The van der Waals surface area contributed by atoms with E-state index in [1.807, 2.05) is 67.1 Å². The summed E-state index contributed by atoms with van der Waals surface area (Å²) in [4.78, 5) is 9.93. The Labute approximate surface area is 291 Å². The quantitative estimate of drug-likeness (QED) is 0.167. The van der Waals surface area contributed by atoms with E-state index >= 15 is 0 Å². The van der Waals surface area contributed by atoms with Crippen LogP contribution < -0.4 is 4.74 Å². The standard InChI is InChI=1S/C40H30N6O.Pt/c1-40(2,3)28-19-20-41-36(25-28)46-33-13-5-4-12-31(33)32-18-17-30(26-34(32)46)47-29-11-6-10-27(24-29)39-42-35-14-7-21-43(35)37-15-8-22-44(37)38-16-9-23-45(38)39;/h4-23,25H,1-3H3;/q-2;+2. The zero-order valence-electron chi connectivity index (χ0n) is 26.5. The molecule has 0 aliphatic carbocycles. The van der Waals surface area contributed by atoms with E-state index in [1.54, 1.807) is 0 Å². The van der Waals surface area contributed by atoms with Gasteiger partial charge in [-0.15, -0.1) is 41.3 Å². The molecule has 8 heteroatoms. The van der Waals surface area contributed by atoms with Crippen molar-refractivity contribution in [2.75, 3.05) is 0 Å². The largest absolute Gasteiger partial charge is 2.00 e. The molecule has 0 aliphatic heterocycles. The van der Waals surface area contributed by atoms with Crippen molar-refractivity contribution in [3.8, 4) is 28.7 Å². The van der Waals surface area contributed by atoms with Crippen LogP contribution in [-0.4, -0.2) is 27.7 Å². The van der Waals surface area contributed by atoms with Gasteiger partial charge in [0.1, 0.15) is 22.8 Å². The van der Waals surface area contributed by atoms with Gasteiger partial charge in [0.25, 0.3) is 0 Å². The molecule has 0 saturated carbocycles. The van der Waals surface area contributed by atoms with Crippen molar-refractivity contribution in [3.63, 3.8) is 0 Å². The van der Waals surface area contributed by atoms with Crippen LogP contribution in [0.1, 0.15) is 26.3 Å². The van der Waals surface area contributed by atoms with Gasteiger partial charge in [0.2, 0.25) is 0 Å². The van der Waals surface area contributed by atoms with Gasteiger partial charge in [-0.1, -0.05) is 50.6 Å². The molecule has 236 valence electrons. The number of fused-ring (bicyclic) bond motifs is 8. The number of benzene rings is 3. The van der Waals surface area contributed by atoms with Crippen LogP contribution in [-0.2, 0) is 26.5 Å². The van der Waals surface area contributed by atoms with Crippen molar-refractivity contribution in [1.82, 2.24) is 27.7 Å². The second-order valence-electron chi connectivity index (χ2n) is 12.8. The predicted octanol–water partition coefficient (Wildman–Crippen LogP) is 9.25. The summed E-state index contributed by atoms with van der Waals surface area (Å²) >= 11 is 0. The smallest absolute Gasteiger partial charge is 0.503 e. The third kappa shape index (κ3) is 4.85. The summed E-state index contributed by atoms with van der Waals surface area (Å²) in [6, 6.07) is 42.0. The molecular formula is C40H30N6OPt. The van der Waals surface area contributed by atoms with Crippen LogP contribution in [0.25, 0.3) is 56.0 Å². The Bertz CT molecular complexity index is 2670.